The van der Waals surface area contributed by atoms with Gasteiger partial charge in [-0.1, -0.05) is 0 Å². The summed E-state index contributed by atoms with van der Waals surface area (Å²) < 4.78 is 5.09. The fraction of sp³-hybridized carbons (Fsp3) is 0.455. The Balaban J connectivity index is 2.29. The average Bonchev–Trinajstić information content (AvgIpc) is 3.01. The molecular formula is C11H15NO2. The van der Waals surface area contributed by atoms with Crippen molar-refractivity contribution in [2.75, 3.05) is 7.11 Å². The van der Waals surface area contributed by atoms with E-state index in [1.165, 1.54) is 0 Å². The third-order valence-corrected chi connectivity index (χ3v) is 2.72. The first-order valence-electron chi connectivity index (χ1n) is 4.85. The number of hydrogen-bond donors (Lipinski definition) is 2. The van der Waals surface area contributed by atoms with E-state index in [4.69, 9.17) is 10.5 Å². The van der Waals surface area contributed by atoms with E-state index in [9.17, 15) is 5.11 Å². The fourth-order valence-corrected chi connectivity index (χ4v) is 1.64. The molecule has 3 heteroatoms. The molecule has 1 aliphatic carbocycles. The van der Waals surface area contributed by atoms with Gasteiger partial charge in [0.25, 0.3) is 0 Å². The van der Waals surface area contributed by atoms with Crippen molar-refractivity contribution in [2.24, 2.45) is 11.7 Å². The van der Waals surface area contributed by atoms with Crippen LogP contribution < -0.4 is 10.5 Å². The molecular weight excluding hydrogens is 178 g/mol. The summed E-state index contributed by atoms with van der Waals surface area (Å²) in [6.07, 6.45) is 2.33. The zero-order valence-electron chi connectivity index (χ0n) is 8.23. The van der Waals surface area contributed by atoms with Gasteiger partial charge in [-0.3, -0.25) is 0 Å². The highest BCUT2D eigenvalue weighted by Crippen LogP contribution is 2.42. The van der Waals surface area contributed by atoms with Crippen LogP contribution in [0, 0.1) is 5.92 Å². The maximum absolute atomic E-state index is 9.64. The van der Waals surface area contributed by atoms with Gasteiger partial charge in [-0.15, -0.1) is 0 Å². The summed E-state index contributed by atoms with van der Waals surface area (Å²) >= 11 is 0. The Morgan fingerprint density at radius 2 is 2.21 bits per heavy atom. The second-order valence-corrected chi connectivity index (χ2v) is 3.79. The molecule has 1 atom stereocenters. The molecule has 2 rings (SSSR count). The van der Waals surface area contributed by atoms with Crippen LogP contribution in [0.1, 0.15) is 24.4 Å². The highest BCUT2D eigenvalue weighted by atomic mass is 16.5. The molecule has 0 bridgehead atoms. The molecule has 0 heterocycles. The van der Waals surface area contributed by atoms with Crippen LogP contribution in [0.25, 0.3) is 0 Å². The van der Waals surface area contributed by atoms with E-state index in [0.29, 0.717) is 5.92 Å². The van der Waals surface area contributed by atoms with Gasteiger partial charge < -0.3 is 15.6 Å². The summed E-state index contributed by atoms with van der Waals surface area (Å²) in [5.74, 6) is 1.55. The van der Waals surface area contributed by atoms with Crippen LogP contribution in [0.5, 0.6) is 11.5 Å². The van der Waals surface area contributed by atoms with Crippen molar-refractivity contribution in [1.82, 2.24) is 0 Å². The van der Waals surface area contributed by atoms with Crippen molar-refractivity contribution < 1.29 is 9.84 Å². The first-order chi connectivity index (χ1) is 6.72. The molecule has 1 fully saturated rings. The standard InChI is InChI=1S/C11H15NO2/c1-14-8-4-5-10(13)9(6-8)11(12)7-2-3-7/h4-7,11,13H,2-3,12H2,1H3/t11-/m1/s1. The Labute approximate surface area is 83.5 Å². The van der Waals surface area contributed by atoms with Gasteiger partial charge in [0.1, 0.15) is 11.5 Å². The van der Waals surface area contributed by atoms with Gasteiger partial charge in [-0.2, -0.15) is 0 Å². The maximum atomic E-state index is 9.64. The molecule has 1 aromatic rings. The molecule has 1 aliphatic rings. The molecule has 0 radical (unpaired) electrons. The Kier molecular flexibility index (Phi) is 2.33. The predicted molar refractivity (Wildman–Crippen MR) is 54.3 cm³/mol. The Hall–Kier alpha value is -1.22. The van der Waals surface area contributed by atoms with E-state index in [0.717, 1.165) is 24.2 Å². The molecule has 0 spiro atoms. The number of phenols is 1. The van der Waals surface area contributed by atoms with E-state index in [1.807, 2.05) is 6.07 Å². The molecule has 1 saturated carbocycles. The Morgan fingerprint density at radius 1 is 1.50 bits per heavy atom. The van der Waals surface area contributed by atoms with Gasteiger partial charge >= 0.3 is 0 Å². The van der Waals surface area contributed by atoms with Crippen LogP contribution >= 0.6 is 0 Å². The van der Waals surface area contributed by atoms with Crippen molar-refractivity contribution in [1.29, 1.82) is 0 Å². The van der Waals surface area contributed by atoms with Gasteiger partial charge in [-0.25, -0.2) is 0 Å². The minimum Gasteiger partial charge on any atom is -0.508 e. The quantitative estimate of drug-likeness (QED) is 0.769. The maximum Gasteiger partial charge on any atom is 0.120 e. The summed E-state index contributed by atoms with van der Waals surface area (Å²) in [5.41, 5.74) is 6.81. The lowest BCUT2D eigenvalue weighted by atomic mass is 10.0. The van der Waals surface area contributed by atoms with Crippen molar-refractivity contribution in [3.05, 3.63) is 23.8 Å². The van der Waals surface area contributed by atoms with Gasteiger partial charge in [-0.05, 0) is 37.0 Å². The largest absolute Gasteiger partial charge is 0.508 e. The molecule has 0 aliphatic heterocycles. The number of hydrogen-bond acceptors (Lipinski definition) is 3. The predicted octanol–water partition coefficient (Wildman–Crippen LogP) is 1.81. The van der Waals surface area contributed by atoms with Gasteiger partial charge in [0.2, 0.25) is 0 Å². The minimum atomic E-state index is -0.0508. The number of benzene rings is 1. The summed E-state index contributed by atoms with van der Waals surface area (Å²) in [7, 11) is 1.61. The topological polar surface area (TPSA) is 55.5 Å². The molecule has 3 nitrogen and oxygen atoms in total. The van der Waals surface area contributed by atoms with E-state index in [2.05, 4.69) is 0 Å². The summed E-state index contributed by atoms with van der Waals surface area (Å²) in [5, 5.41) is 9.64. The molecule has 0 amide bonds. The minimum absolute atomic E-state index is 0.0508. The van der Waals surface area contributed by atoms with E-state index in [1.54, 1.807) is 19.2 Å². The van der Waals surface area contributed by atoms with Crippen molar-refractivity contribution in [3.63, 3.8) is 0 Å². The smallest absolute Gasteiger partial charge is 0.120 e. The zero-order chi connectivity index (χ0) is 10.1. The van der Waals surface area contributed by atoms with Crippen LogP contribution in [0.3, 0.4) is 0 Å². The van der Waals surface area contributed by atoms with Gasteiger partial charge in [0.15, 0.2) is 0 Å². The normalized spacial score (nSPS) is 17.9. The van der Waals surface area contributed by atoms with Gasteiger partial charge in [0, 0.05) is 11.6 Å². The third kappa shape index (κ3) is 1.68. The SMILES string of the molecule is COc1ccc(O)c([C@H](N)C2CC2)c1. The molecule has 14 heavy (non-hydrogen) atoms. The van der Waals surface area contributed by atoms with Gasteiger partial charge in [0.05, 0.1) is 7.11 Å². The molecule has 1 aromatic carbocycles. The van der Waals surface area contributed by atoms with Crippen molar-refractivity contribution in [2.45, 2.75) is 18.9 Å². The lowest BCUT2D eigenvalue weighted by Crippen LogP contribution is -2.12. The molecule has 0 aromatic heterocycles. The second-order valence-electron chi connectivity index (χ2n) is 3.79. The van der Waals surface area contributed by atoms with E-state index < -0.39 is 0 Å². The average molecular weight is 193 g/mol. The number of phenolic OH excluding ortho intramolecular Hbond substituents is 1. The number of ether oxygens (including phenoxy) is 1. The summed E-state index contributed by atoms with van der Waals surface area (Å²) in [6, 6.07) is 5.14. The highest BCUT2D eigenvalue weighted by molar-refractivity contribution is 5.41. The van der Waals surface area contributed by atoms with Crippen LogP contribution in [0.15, 0.2) is 18.2 Å². The monoisotopic (exact) mass is 193 g/mol. The number of nitrogens with two attached hydrogens (primary N) is 1. The zero-order valence-corrected chi connectivity index (χ0v) is 8.23. The molecule has 76 valence electrons. The van der Waals surface area contributed by atoms with Crippen LogP contribution in [-0.4, -0.2) is 12.2 Å². The second kappa shape index (κ2) is 3.50. The first-order valence-corrected chi connectivity index (χ1v) is 4.85. The van der Waals surface area contributed by atoms with Crippen LogP contribution in [-0.2, 0) is 0 Å². The summed E-state index contributed by atoms with van der Waals surface area (Å²) in [4.78, 5) is 0. The van der Waals surface area contributed by atoms with Crippen LogP contribution in [0.4, 0.5) is 0 Å². The lowest BCUT2D eigenvalue weighted by molar-refractivity contribution is 0.408. The highest BCUT2D eigenvalue weighted by Gasteiger charge is 2.31. The third-order valence-electron chi connectivity index (χ3n) is 2.72. The lowest BCUT2D eigenvalue weighted by Gasteiger charge is -2.13. The number of rotatable bonds is 3. The number of aromatic hydroxyl groups is 1. The van der Waals surface area contributed by atoms with Crippen molar-refractivity contribution >= 4 is 0 Å². The van der Waals surface area contributed by atoms with E-state index in [-0.39, 0.29) is 11.8 Å². The van der Waals surface area contributed by atoms with Crippen LogP contribution in [0.2, 0.25) is 0 Å². The number of methoxy groups -OCH3 is 1. The Bertz CT molecular complexity index is 334. The van der Waals surface area contributed by atoms with Crippen molar-refractivity contribution in [3.8, 4) is 11.5 Å². The van der Waals surface area contributed by atoms with E-state index >= 15 is 0 Å². The molecule has 0 saturated heterocycles. The molecule has 0 unspecified atom stereocenters. The molecule has 3 N–H and O–H groups in total. The first kappa shape index (κ1) is 9.34. The Morgan fingerprint density at radius 3 is 2.79 bits per heavy atom. The summed E-state index contributed by atoms with van der Waals surface area (Å²) in [6.45, 7) is 0. The fourth-order valence-electron chi connectivity index (χ4n) is 1.64.